The highest BCUT2D eigenvalue weighted by atomic mass is 16.7. The van der Waals surface area contributed by atoms with E-state index in [0.29, 0.717) is 0 Å². The van der Waals surface area contributed by atoms with E-state index in [2.05, 4.69) is 32.8 Å². The number of aromatic nitrogens is 2. The standard InChI is InChI=1S/C13H21BN2O2/c1-10-11(9-16(6)15-10)7-8-14-17-12(2,3)13(4,5)18-14/h7-9H,1-6H3/b8-7+. The summed E-state index contributed by atoms with van der Waals surface area (Å²) in [4.78, 5) is 0. The van der Waals surface area contributed by atoms with Crippen molar-refractivity contribution in [3.05, 3.63) is 23.4 Å². The first-order valence-electron chi connectivity index (χ1n) is 6.25. The Morgan fingerprint density at radius 2 is 1.78 bits per heavy atom. The molecule has 1 aromatic heterocycles. The summed E-state index contributed by atoms with van der Waals surface area (Å²) in [5.74, 6) is 1.94. The summed E-state index contributed by atoms with van der Waals surface area (Å²) >= 11 is 0. The highest BCUT2D eigenvalue weighted by molar-refractivity contribution is 6.52. The third-order valence-corrected chi connectivity index (χ3v) is 3.76. The zero-order valence-corrected chi connectivity index (χ0v) is 12.0. The Kier molecular flexibility index (Phi) is 3.15. The fraction of sp³-hybridized carbons (Fsp3) is 0.615. The maximum Gasteiger partial charge on any atom is 0.487 e. The van der Waals surface area contributed by atoms with Crippen molar-refractivity contribution in [2.75, 3.05) is 0 Å². The molecule has 1 aliphatic rings. The van der Waals surface area contributed by atoms with Gasteiger partial charge in [-0.2, -0.15) is 5.10 Å². The topological polar surface area (TPSA) is 36.3 Å². The van der Waals surface area contributed by atoms with Crippen molar-refractivity contribution in [1.82, 2.24) is 9.78 Å². The van der Waals surface area contributed by atoms with Crippen LogP contribution in [0.15, 0.2) is 12.2 Å². The summed E-state index contributed by atoms with van der Waals surface area (Å²) in [5.41, 5.74) is 1.52. The molecule has 0 atom stereocenters. The lowest BCUT2D eigenvalue weighted by Gasteiger charge is -2.32. The molecule has 0 spiro atoms. The lowest BCUT2D eigenvalue weighted by atomic mass is 9.89. The van der Waals surface area contributed by atoms with E-state index in [1.807, 2.05) is 32.2 Å². The molecule has 0 saturated carbocycles. The first kappa shape index (κ1) is 13.4. The van der Waals surface area contributed by atoms with Crippen LogP contribution in [0.4, 0.5) is 0 Å². The van der Waals surface area contributed by atoms with E-state index in [0.717, 1.165) is 11.3 Å². The minimum Gasteiger partial charge on any atom is -0.400 e. The summed E-state index contributed by atoms with van der Waals surface area (Å²) < 4.78 is 13.6. The third-order valence-electron chi connectivity index (χ3n) is 3.76. The van der Waals surface area contributed by atoms with Crippen LogP contribution in [-0.2, 0) is 16.4 Å². The second-order valence-electron chi connectivity index (χ2n) is 5.83. The Morgan fingerprint density at radius 3 is 2.22 bits per heavy atom. The second kappa shape index (κ2) is 4.25. The van der Waals surface area contributed by atoms with Crippen LogP contribution < -0.4 is 0 Å². The summed E-state index contributed by atoms with van der Waals surface area (Å²) in [5, 5.41) is 4.30. The van der Waals surface area contributed by atoms with Crippen molar-refractivity contribution >= 4 is 13.2 Å². The molecule has 0 bridgehead atoms. The number of aryl methyl sites for hydroxylation is 2. The highest BCUT2D eigenvalue weighted by Gasteiger charge is 2.49. The molecule has 0 unspecified atom stereocenters. The van der Waals surface area contributed by atoms with E-state index < -0.39 is 0 Å². The van der Waals surface area contributed by atoms with Crippen LogP contribution in [0.25, 0.3) is 6.08 Å². The average Bonchev–Trinajstić information content (AvgIpc) is 2.61. The molecule has 5 heteroatoms. The third kappa shape index (κ3) is 2.38. The van der Waals surface area contributed by atoms with Gasteiger partial charge >= 0.3 is 7.12 Å². The lowest BCUT2D eigenvalue weighted by molar-refractivity contribution is 0.00578. The molecule has 1 aromatic rings. The number of hydrogen-bond donors (Lipinski definition) is 0. The van der Waals surface area contributed by atoms with Gasteiger partial charge in [0.2, 0.25) is 0 Å². The molecular formula is C13H21BN2O2. The van der Waals surface area contributed by atoms with Crippen LogP contribution in [0.3, 0.4) is 0 Å². The monoisotopic (exact) mass is 248 g/mol. The Morgan fingerprint density at radius 1 is 1.22 bits per heavy atom. The predicted octanol–water partition coefficient (Wildman–Crippen LogP) is 2.37. The van der Waals surface area contributed by atoms with Crippen molar-refractivity contribution < 1.29 is 9.31 Å². The predicted molar refractivity (Wildman–Crippen MR) is 73.1 cm³/mol. The van der Waals surface area contributed by atoms with E-state index in [9.17, 15) is 0 Å². The molecular weight excluding hydrogens is 227 g/mol. The molecule has 1 saturated heterocycles. The summed E-state index contributed by atoms with van der Waals surface area (Å²) in [6.07, 6.45) is 3.99. The van der Waals surface area contributed by atoms with Gasteiger partial charge in [-0.1, -0.05) is 12.1 Å². The van der Waals surface area contributed by atoms with Gasteiger partial charge in [0.1, 0.15) is 0 Å². The van der Waals surface area contributed by atoms with Gasteiger partial charge in [-0.3, -0.25) is 4.68 Å². The first-order valence-corrected chi connectivity index (χ1v) is 6.25. The quantitative estimate of drug-likeness (QED) is 0.754. The lowest BCUT2D eigenvalue weighted by Crippen LogP contribution is -2.41. The smallest absolute Gasteiger partial charge is 0.400 e. The molecule has 2 rings (SSSR count). The molecule has 0 amide bonds. The maximum absolute atomic E-state index is 5.90. The summed E-state index contributed by atoms with van der Waals surface area (Å²) in [7, 11) is 1.62. The van der Waals surface area contributed by atoms with Gasteiger partial charge in [-0.15, -0.1) is 0 Å². The number of hydrogen-bond acceptors (Lipinski definition) is 3. The molecule has 2 heterocycles. The Balaban J connectivity index is 2.11. The molecule has 0 N–H and O–H groups in total. The summed E-state index contributed by atoms with van der Waals surface area (Å²) in [6.45, 7) is 10.2. The maximum atomic E-state index is 5.90. The molecule has 0 aliphatic carbocycles. The molecule has 4 nitrogen and oxygen atoms in total. The zero-order chi connectivity index (χ0) is 13.6. The fourth-order valence-electron chi connectivity index (χ4n) is 1.93. The van der Waals surface area contributed by atoms with Crippen LogP contribution in [-0.4, -0.2) is 28.1 Å². The number of rotatable bonds is 2. The van der Waals surface area contributed by atoms with E-state index in [4.69, 9.17) is 9.31 Å². The Bertz CT molecular complexity index is 461. The van der Waals surface area contributed by atoms with Crippen LogP contribution in [0.1, 0.15) is 39.0 Å². The van der Waals surface area contributed by atoms with Crippen molar-refractivity contribution in [2.45, 2.75) is 45.8 Å². The minimum atomic E-state index is -0.297. The number of nitrogens with zero attached hydrogens (tertiary/aromatic N) is 2. The fourth-order valence-corrected chi connectivity index (χ4v) is 1.93. The van der Waals surface area contributed by atoms with E-state index in [1.165, 1.54) is 0 Å². The van der Waals surface area contributed by atoms with Gasteiger partial charge in [-0.05, 0) is 34.6 Å². The molecule has 18 heavy (non-hydrogen) atoms. The zero-order valence-electron chi connectivity index (χ0n) is 12.0. The van der Waals surface area contributed by atoms with Crippen LogP contribution >= 0.6 is 0 Å². The van der Waals surface area contributed by atoms with Crippen LogP contribution in [0.2, 0.25) is 0 Å². The average molecular weight is 248 g/mol. The van der Waals surface area contributed by atoms with Crippen LogP contribution in [0.5, 0.6) is 0 Å². The second-order valence-corrected chi connectivity index (χ2v) is 5.83. The molecule has 98 valence electrons. The largest absolute Gasteiger partial charge is 0.487 e. The van der Waals surface area contributed by atoms with Crippen molar-refractivity contribution in [3.63, 3.8) is 0 Å². The normalized spacial score (nSPS) is 22.0. The Hall–Kier alpha value is -1.07. The van der Waals surface area contributed by atoms with E-state index >= 15 is 0 Å². The van der Waals surface area contributed by atoms with Gasteiger partial charge in [0.05, 0.1) is 16.9 Å². The Labute approximate surface area is 109 Å². The van der Waals surface area contributed by atoms with Gasteiger partial charge in [0, 0.05) is 18.8 Å². The highest BCUT2D eigenvalue weighted by Crippen LogP contribution is 2.37. The SMILES string of the molecule is Cc1nn(C)cc1/C=C/B1OC(C)(C)C(C)(C)O1. The van der Waals surface area contributed by atoms with Gasteiger partial charge in [0.15, 0.2) is 0 Å². The van der Waals surface area contributed by atoms with Crippen LogP contribution in [0, 0.1) is 6.92 Å². The van der Waals surface area contributed by atoms with E-state index in [1.54, 1.807) is 4.68 Å². The first-order chi connectivity index (χ1) is 8.21. The van der Waals surface area contributed by atoms with Crippen molar-refractivity contribution in [2.24, 2.45) is 7.05 Å². The van der Waals surface area contributed by atoms with Gasteiger partial charge in [-0.25, -0.2) is 0 Å². The molecule has 1 aliphatic heterocycles. The van der Waals surface area contributed by atoms with E-state index in [-0.39, 0.29) is 18.3 Å². The van der Waals surface area contributed by atoms with Crippen molar-refractivity contribution in [1.29, 1.82) is 0 Å². The molecule has 1 fully saturated rings. The summed E-state index contributed by atoms with van der Waals surface area (Å²) in [6, 6.07) is 0. The molecule has 0 radical (unpaired) electrons. The van der Waals surface area contributed by atoms with Gasteiger partial charge < -0.3 is 9.31 Å². The van der Waals surface area contributed by atoms with Gasteiger partial charge in [0.25, 0.3) is 0 Å². The van der Waals surface area contributed by atoms with Crippen molar-refractivity contribution in [3.8, 4) is 0 Å². The molecule has 0 aromatic carbocycles. The minimum absolute atomic E-state index is 0.286.